The van der Waals surface area contributed by atoms with Crippen LogP contribution in [0, 0.1) is 0 Å². The maximum atomic E-state index is 5.64. The van der Waals surface area contributed by atoms with Crippen LogP contribution < -0.4 is 11.1 Å². The topological polar surface area (TPSA) is 38.0 Å². The SMILES string of the molecule is Nc1ccc(CCNCc2ccc(Br)s2)cc1. The highest BCUT2D eigenvalue weighted by Gasteiger charge is 1.97. The number of hydrogen-bond donors (Lipinski definition) is 2. The summed E-state index contributed by atoms with van der Waals surface area (Å²) in [5, 5.41) is 3.44. The zero-order valence-electron chi connectivity index (χ0n) is 9.45. The summed E-state index contributed by atoms with van der Waals surface area (Å²) in [7, 11) is 0. The van der Waals surface area contributed by atoms with Gasteiger partial charge < -0.3 is 11.1 Å². The smallest absolute Gasteiger partial charge is 0.0701 e. The molecule has 0 radical (unpaired) electrons. The lowest BCUT2D eigenvalue weighted by atomic mass is 10.1. The van der Waals surface area contributed by atoms with Crippen LogP contribution in [0.2, 0.25) is 0 Å². The molecule has 0 fully saturated rings. The second-order valence-corrected chi connectivity index (χ2v) is 6.42. The van der Waals surface area contributed by atoms with Crippen LogP contribution in [-0.4, -0.2) is 6.54 Å². The largest absolute Gasteiger partial charge is 0.399 e. The predicted molar refractivity (Wildman–Crippen MR) is 78.3 cm³/mol. The molecule has 2 aromatic rings. The summed E-state index contributed by atoms with van der Waals surface area (Å²) in [4.78, 5) is 1.36. The zero-order chi connectivity index (χ0) is 12.1. The van der Waals surface area contributed by atoms with E-state index in [0.29, 0.717) is 0 Å². The summed E-state index contributed by atoms with van der Waals surface area (Å²) in [5.41, 5.74) is 7.78. The molecule has 1 aromatic carbocycles. The number of hydrogen-bond acceptors (Lipinski definition) is 3. The first-order valence-electron chi connectivity index (χ1n) is 5.53. The van der Waals surface area contributed by atoms with Crippen molar-refractivity contribution in [1.29, 1.82) is 0 Å². The molecule has 90 valence electrons. The Kier molecular flexibility index (Phi) is 4.59. The van der Waals surface area contributed by atoms with E-state index in [1.165, 1.54) is 14.2 Å². The van der Waals surface area contributed by atoms with Crippen molar-refractivity contribution in [3.05, 3.63) is 50.6 Å². The van der Waals surface area contributed by atoms with Crippen molar-refractivity contribution < 1.29 is 0 Å². The number of nitrogens with one attached hydrogen (secondary N) is 1. The Balaban J connectivity index is 1.71. The van der Waals surface area contributed by atoms with E-state index >= 15 is 0 Å². The third-order valence-electron chi connectivity index (χ3n) is 2.50. The molecule has 0 aliphatic carbocycles. The molecular formula is C13H15BrN2S. The maximum absolute atomic E-state index is 5.64. The highest BCUT2D eigenvalue weighted by atomic mass is 79.9. The van der Waals surface area contributed by atoms with Gasteiger partial charge in [0.2, 0.25) is 0 Å². The third-order valence-corrected chi connectivity index (χ3v) is 4.12. The predicted octanol–water partition coefficient (Wildman–Crippen LogP) is 3.43. The van der Waals surface area contributed by atoms with E-state index in [0.717, 1.165) is 25.2 Å². The average molecular weight is 311 g/mol. The van der Waals surface area contributed by atoms with Gasteiger partial charge in [0, 0.05) is 17.1 Å². The molecule has 4 heteroatoms. The van der Waals surface area contributed by atoms with E-state index in [1.807, 2.05) is 12.1 Å². The van der Waals surface area contributed by atoms with Gasteiger partial charge in [0.1, 0.15) is 0 Å². The average Bonchev–Trinajstić information content (AvgIpc) is 2.73. The lowest BCUT2D eigenvalue weighted by Gasteiger charge is -2.03. The van der Waals surface area contributed by atoms with Gasteiger partial charge in [0.25, 0.3) is 0 Å². The number of benzene rings is 1. The summed E-state index contributed by atoms with van der Waals surface area (Å²) in [6.07, 6.45) is 1.03. The van der Waals surface area contributed by atoms with Crippen molar-refractivity contribution in [3.63, 3.8) is 0 Å². The minimum atomic E-state index is 0.824. The Bertz CT molecular complexity index is 465. The summed E-state index contributed by atoms with van der Waals surface area (Å²) >= 11 is 5.24. The van der Waals surface area contributed by atoms with Crippen LogP contribution in [0.1, 0.15) is 10.4 Å². The lowest BCUT2D eigenvalue weighted by Crippen LogP contribution is -2.15. The molecule has 2 nitrogen and oxygen atoms in total. The van der Waals surface area contributed by atoms with Crippen molar-refractivity contribution in [3.8, 4) is 0 Å². The molecule has 0 unspecified atom stereocenters. The summed E-state index contributed by atoms with van der Waals surface area (Å²) in [6, 6.07) is 12.3. The zero-order valence-corrected chi connectivity index (χ0v) is 11.9. The quantitative estimate of drug-likeness (QED) is 0.656. The molecule has 2 rings (SSSR count). The first-order chi connectivity index (χ1) is 8.24. The molecule has 0 aliphatic heterocycles. The minimum Gasteiger partial charge on any atom is -0.399 e. The molecule has 0 saturated carbocycles. The first-order valence-corrected chi connectivity index (χ1v) is 7.14. The number of nitrogen functional groups attached to an aromatic ring is 1. The van der Waals surface area contributed by atoms with E-state index in [9.17, 15) is 0 Å². The number of thiophene rings is 1. The Morgan fingerprint density at radius 3 is 2.53 bits per heavy atom. The van der Waals surface area contributed by atoms with Crippen molar-refractivity contribution in [2.75, 3.05) is 12.3 Å². The third kappa shape index (κ3) is 4.15. The molecule has 0 atom stereocenters. The second kappa shape index (κ2) is 6.19. The van der Waals surface area contributed by atoms with Crippen LogP contribution in [0.4, 0.5) is 5.69 Å². The standard InChI is InChI=1S/C13H15BrN2S/c14-13-6-5-12(17-13)9-16-8-7-10-1-3-11(15)4-2-10/h1-6,16H,7-9,15H2. The lowest BCUT2D eigenvalue weighted by molar-refractivity contribution is 0.693. The monoisotopic (exact) mass is 310 g/mol. The van der Waals surface area contributed by atoms with Gasteiger partial charge in [-0.1, -0.05) is 12.1 Å². The number of halogens is 1. The molecule has 0 bridgehead atoms. The second-order valence-electron chi connectivity index (χ2n) is 3.87. The van der Waals surface area contributed by atoms with E-state index in [1.54, 1.807) is 11.3 Å². The minimum absolute atomic E-state index is 0.824. The van der Waals surface area contributed by atoms with Gasteiger partial charge in [-0.25, -0.2) is 0 Å². The van der Waals surface area contributed by atoms with Gasteiger partial charge in [-0.15, -0.1) is 11.3 Å². The maximum Gasteiger partial charge on any atom is 0.0701 e. The van der Waals surface area contributed by atoms with E-state index < -0.39 is 0 Å². The molecule has 0 spiro atoms. The Hall–Kier alpha value is -0.840. The van der Waals surface area contributed by atoms with Crippen LogP contribution in [0.5, 0.6) is 0 Å². The molecule has 0 aliphatic rings. The Labute approximate surface area is 114 Å². The van der Waals surface area contributed by atoms with Crippen molar-refractivity contribution in [2.24, 2.45) is 0 Å². The van der Waals surface area contributed by atoms with Crippen LogP contribution in [0.3, 0.4) is 0 Å². The molecule has 0 amide bonds. The van der Waals surface area contributed by atoms with Crippen LogP contribution in [-0.2, 0) is 13.0 Å². The fourth-order valence-electron chi connectivity index (χ4n) is 1.58. The molecule has 1 aromatic heterocycles. The number of anilines is 1. The van der Waals surface area contributed by atoms with Crippen molar-refractivity contribution in [2.45, 2.75) is 13.0 Å². The van der Waals surface area contributed by atoms with Gasteiger partial charge >= 0.3 is 0 Å². The first kappa shape index (κ1) is 12.6. The van der Waals surface area contributed by atoms with Crippen LogP contribution in [0.15, 0.2) is 40.2 Å². The van der Waals surface area contributed by atoms with Crippen molar-refractivity contribution in [1.82, 2.24) is 5.32 Å². The summed E-state index contributed by atoms with van der Waals surface area (Å²) in [5.74, 6) is 0. The van der Waals surface area contributed by atoms with Gasteiger partial charge in [-0.2, -0.15) is 0 Å². The van der Waals surface area contributed by atoms with Gasteiger partial charge in [0.15, 0.2) is 0 Å². The van der Waals surface area contributed by atoms with E-state index in [-0.39, 0.29) is 0 Å². The van der Waals surface area contributed by atoms with Gasteiger partial charge in [-0.05, 0) is 58.7 Å². The Morgan fingerprint density at radius 2 is 1.88 bits per heavy atom. The van der Waals surface area contributed by atoms with Crippen LogP contribution >= 0.6 is 27.3 Å². The fourth-order valence-corrected chi connectivity index (χ4v) is 3.03. The number of rotatable bonds is 5. The molecular weight excluding hydrogens is 296 g/mol. The normalized spacial score (nSPS) is 10.6. The molecule has 17 heavy (non-hydrogen) atoms. The highest BCUT2D eigenvalue weighted by molar-refractivity contribution is 9.11. The number of nitrogens with two attached hydrogens (primary N) is 1. The summed E-state index contributed by atoms with van der Waals surface area (Å²) in [6.45, 7) is 1.92. The van der Waals surface area contributed by atoms with Gasteiger partial charge in [0.05, 0.1) is 3.79 Å². The molecule has 0 saturated heterocycles. The summed E-state index contributed by atoms with van der Waals surface area (Å²) < 4.78 is 1.19. The highest BCUT2D eigenvalue weighted by Crippen LogP contribution is 2.21. The fraction of sp³-hybridized carbons (Fsp3) is 0.231. The molecule has 3 N–H and O–H groups in total. The van der Waals surface area contributed by atoms with E-state index in [4.69, 9.17) is 5.73 Å². The van der Waals surface area contributed by atoms with Crippen LogP contribution in [0.25, 0.3) is 0 Å². The van der Waals surface area contributed by atoms with Gasteiger partial charge in [-0.3, -0.25) is 0 Å². The Morgan fingerprint density at radius 1 is 1.12 bits per heavy atom. The van der Waals surface area contributed by atoms with E-state index in [2.05, 4.69) is 45.5 Å². The van der Waals surface area contributed by atoms with Crippen molar-refractivity contribution >= 4 is 33.0 Å². The molecule has 1 heterocycles.